The standard InChI is InChI=1S/C14H20BrNO2/c1-2-16-7-6-11(9-16)14(17)10-18-13-5-3-4-12(15)8-13/h3-5,8,11,14,17H,2,6-7,9-10H2,1H3. The third kappa shape index (κ3) is 3.70. The number of halogens is 1. The summed E-state index contributed by atoms with van der Waals surface area (Å²) in [6.07, 6.45) is 0.692. The lowest BCUT2D eigenvalue weighted by Gasteiger charge is -2.19. The number of hydrogen-bond donors (Lipinski definition) is 1. The Balaban J connectivity index is 1.80. The first-order chi connectivity index (χ1) is 8.69. The van der Waals surface area contributed by atoms with Crippen molar-refractivity contribution < 1.29 is 9.84 Å². The smallest absolute Gasteiger partial charge is 0.120 e. The van der Waals surface area contributed by atoms with Crippen molar-refractivity contribution in [1.82, 2.24) is 4.90 Å². The molecule has 1 aromatic carbocycles. The van der Waals surface area contributed by atoms with Crippen LogP contribution >= 0.6 is 15.9 Å². The van der Waals surface area contributed by atoms with Crippen molar-refractivity contribution in [1.29, 1.82) is 0 Å². The quantitative estimate of drug-likeness (QED) is 0.906. The van der Waals surface area contributed by atoms with Gasteiger partial charge in [0.05, 0.1) is 6.10 Å². The van der Waals surface area contributed by atoms with Gasteiger partial charge in [0.15, 0.2) is 0 Å². The van der Waals surface area contributed by atoms with Gasteiger partial charge in [-0.15, -0.1) is 0 Å². The Morgan fingerprint density at radius 2 is 2.39 bits per heavy atom. The van der Waals surface area contributed by atoms with Crippen molar-refractivity contribution in [2.45, 2.75) is 19.4 Å². The van der Waals surface area contributed by atoms with E-state index in [2.05, 4.69) is 27.8 Å². The van der Waals surface area contributed by atoms with Gasteiger partial charge in [-0.25, -0.2) is 0 Å². The monoisotopic (exact) mass is 313 g/mol. The molecule has 0 spiro atoms. The molecule has 0 amide bonds. The average molecular weight is 314 g/mol. The van der Waals surface area contributed by atoms with Crippen LogP contribution < -0.4 is 4.74 Å². The minimum Gasteiger partial charge on any atom is -0.491 e. The highest BCUT2D eigenvalue weighted by molar-refractivity contribution is 9.10. The zero-order valence-corrected chi connectivity index (χ0v) is 12.3. The van der Waals surface area contributed by atoms with E-state index in [1.165, 1.54) is 0 Å². The number of nitrogens with zero attached hydrogens (tertiary/aromatic N) is 1. The number of rotatable bonds is 5. The first kappa shape index (κ1) is 13.8. The van der Waals surface area contributed by atoms with E-state index in [1.54, 1.807) is 0 Å². The summed E-state index contributed by atoms with van der Waals surface area (Å²) in [6, 6.07) is 7.71. The van der Waals surface area contributed by atoms with Gasteiger partial charge in [-0.2, -0.15) is 0 Å². The minimum absolute atomic E-state index is 0.345. The first-order valence-corrected chi connectivity index (χ1v) is 7.27. The van der Waals surface area contributed by atoms with Gasteiger partial charge in [-0.05, 0) is 37.7 Å². The van der Waals surface area contributed by atoms with Crippen molar-refractivity contribution in [3.63, 3.8) is 0 Å². The Morgan fingerprint density at radius 3 is 3.06 bits per heavy atom. The van der Waals surface area contributed by atoms with Crippen LogP contribution in [0.25, 0.3) is 0 Å². The van der Waals surface area contributed by atoms with E-state index in [0.29, 0.717) is 12.5 Å². The fourth-order valence-electron chi connectivity index (χ4n) is 2.34. The van der Waals surface area contributed by atoms with Crippen LogP contribution in [0.5, 0.6) is 5.75 Å². The Morgan fingerprint density at radius 1 is 1.56 bits per heavy atom. The van der Waals surface area contributed by atoms with Crippen LogP contribution in [0, 0.1) is 5.92 Å². The molecule has 2 unspecified atom stereocenters. The van der Waals surface area contributed by atoms with Crippen LogP contribution in [0.1, 0.15) is 13.3 Å². The van der Waals surface area contributed by atoms with E-state index in [0.717, 1.165) is 36.3 Å². The van der Waals surface area contributed by atoms with Crippen molar-refractivity contribution in [3.8, 4) is 5.75 Å². The number of likely N-dealkylation sites (tertiary alicyclic amines) is 1. The fraction of sp³-hybridized carbons (Fsp3) is 0.571. The lowest BCUT2D eigenvalue weighted by atomic mass is 10.0. The molecule has 4 heteroatoms. The van der Waals surface area contributed by atoms with E-state index in [4.69, 9.17) is 4.74 Å². The minimum atomic E-state index is -0.375. The van der Waals surface area contributed by atoms with Crippen LogP contribution in [-0.2, 0) is 0 Å². The van der Waals surface area contributed by atoms with Gasteiger partial charge in [-0.3, -0.25) is 0 Å². The highest BCUT2D eigenvalue weighted by atomic mass is 79.9. The summed E-state index contributed by atoms with van der Waals surface area (Å²) < 4.78 is 6.62. The van der Waals surface area contributed by atoms with E-state index < -0.39 is 0 Å². The molecule has 1 aliphatic heterocycles. The van der Waals surface area contributed by atoms with Crippen LogP contribution in [-0.4, -0.2) is 42.4 Å². The number of benzene rings is 1. The molecule has 18 heavy (non-hydrogen) atoms. The number of aliphatic hydroxyl groups is 1. The summed E-state index contributed by atoms with van der Waals surface area (Å²) in [5, 5.41) is 10.1. The van der Waals surface area contributed by atoms with Gasteiger partial charge in [0.2, 0.25) is 0 Å². The largest absolute Gasteiger partial charge is 0.491 e. The van der Waals surface area contributed by atoms with Crippen LogP contribution in [0.15, 0.2) is 28.7 Å². The van der Waals surface area contributed by atoms with Gasteiger partial charge >= 0.3 is 0 Å². The zero-order valence-electron chi connectivity index (χ0n) is 10.7. The molecule has 0 radical (unpaired) electrons. The molecule has 100 valence electrons. The molecule has 0 bridgehead atoms. The number of hydrogen-bond acceptors (Lipinski definition) is 3. The van der Waals surface area contributed by atoms with Crippen molar-refractivity contribution in [3.05, 3.63) is 28.7 Å². The van der Waals surface area contributed by atoms with Crippen molar-refractivity contribution in [2.75, 3.05) is 26.2 Å². The topological polar surface area (TPSA) is 32.7 Å². The molecule has 2 atom stereocenters. The Bertz CT molecular complexity index is 386. The maximum Gasteiger partial charge on any atom is 0.120 e. The zero-order chi connectivity index (χ0) is 13.0. The molecule has 1 heterocycles. The maximum atomic E-state index is 10.1. The Kier molecular flexibility index (Phi) is 5.03. The lowest BCUT2D eigenvalue weighted by Crippen LogP contribution is -2.30. The van der Waals surface area contributed by atoms with Crippen LogP contribution in [0.3, 0.4) is 0 Å². The average Bonchev–Trinajstić information content (AvgIpc) is 2.85. The lowest BCUT2D eigenvalue weighted by molar-refractivity contribution is 0.0599. The third-order valence-electron chi connectivity index (χ3n) is 3.52. The molecule has 1 N–H and O–H groups in total. The van der Waals surface area contributed by atoms with E-state index in [-0.39, 0.29) is 6.10 Å². The van der Waals surface area contributed by atoms with Crippen LogP contribution in [0.2, 0.25) is 0 Å². The summed E-state index contributed by atoms with van der Waals surface area (Å²) in [5.74, 6) is 1.14. The third-order valence-corrected chi connectivity index (χ3v) is 4.01. The molecule has 0 aliphatic carbocycles. The second kappa shape index (κ2) is 6.55. The van der Waals surface area contributed by atoms with E-state index in [9.17, 15) is 5.11 Å². The molecule has 0 saturated carbocycles. The summed E-state index contributed by atoms with van der Waals surface area (Å²) in [7, 11) is 0. The summed E-state index contributed by atoms with van der Waals surface area (Å²) in [6.45, 7) is 5.68. The first-order valence-electron chi connectivity index (χ1n) is 6.48. The van der Waals surface area contributed by atoms with Gasteiger partial charge in [0.25, 0.3) is 0 Å². The molecule has 2 rings (SSSR count). The van der Waals surface area contributed by atoms with Gasteiger partial charge in [0.1, 0.15) is 12.4 Å². The van der Waals surface area contributed by atoms with E-state index >= 15 is 0 Å². The van der Waals surface area contributed by atoms with Gasteiger partial charge < -0.3 is 14.7 Å². The normalized spacial score (nSPS) is 22.1. The van der Waals surface area contributed by atoms with Gasteiger partial charge in [0, 0.05) is 16.9 Å². The predicted molar refractivity (Wildman–Crippen MR) is 75.9 cm³/mol. The molecule has 1 fully saturated rings. The predicted octanol–water partition coefficient (Wildman–Crippen LogP) is 2.53. The molecule has 1 aliphatic rings. The second-order valence-corrected chi connectivity index (χ2v) is 5.69. The van der Waals surface area contributed by atoms with Crippen molar-refractivity contribution in [2.24, 2.45) is 5.92 Å². The Labute approximate surface area is 117 Å². The molecular formula is C14H20BrNO2. The van der Waals surface area contributed by atoms with Crippen molar-refractivity contribution >= 4 is 15.9 Å². The van der Waals surface area contributed by atoms with E-state index in [1.807, 2.05) is 24.3 Å². The summed E-state index contributed by atoms with van der Waals surface area (Å²) in [4.78, 5) is 2.37. The number of ether oxygens (including phenoxy) is 1. The second-order valence-electron chi connectivity index (χ2n) is 4.78. The fourth-order valence-corrected chi connectivity index (χ4v) is 2.72. The molecular weight excluding hydrogens is 294 g/mol. The molecule has 3 nitrogen and oxygen atoms in total. The SMILES string of the molecule is CCN1CCC(C(O)COc2cccc(Br)c2)C1. The highest BCUT2D eigenvalue weighted by Gasteiger charge is 2.27. The summed E-state index contributed by atoms with van der Waals surface area (Å²) in [5.41, 5.74) is 0. The maximum absolute atomic E-state index is 10.1. The number of aliphatic hydroxyl groups excluding tert-OH is 1. The summed E-state index contributed by atoms with van der Waals surface area (Å²) >= 11 is 3.40. The molecule has 1 saturated heterocycles. The molecule has 0 aromatic heterocycles. The molecule has 1 aromatic rings. The van der Waals surface area contributed by atoms with Crippen LogP contribution in [0.4, 0.5) is 0 Å². The highest BCUT2D eigenvalue weighted by Crippen LogP contribution is 2.22. The van der Waals surface area contributed by atoms with Gasteiger partial charge in [-0.1, -0.05) is 28.9 Å². The Hall–Kier alpha value is -0.580.